The highest BCUT2D eigenvalue weighted by Gasteiger charge is 2.17. The predicted octanol–water partition coefficient (Wildman–Crippen LogP) is 0.927. The number of hydrogen-bond donors (Lipinski definition) is 3. The lowest BCUT2D eigenvalue weighted by Crippen LogP contribution is -2.49. The smallest absolute Gasteiger partial charge is 0.265 e. The van der Waals surface area contributed by atoms with Gasteiger partial charge in [0, 0.05) is 12.1 Å². The number of benzene rings is 2. The van der Waals surface area contributed by atoms with E-state index in [0.717, 1.165) is 5.56 Å². The molecule has 0 spiro atoms. The van der Waals surface area contributed by atoms with E-state index in [2.05, 4.69) is 5.43 Å². The van der Waals surface area contributed by atoms with Crippen LogP contribution in [0.25, 0.3) is 0 Å². The number of carbonyl (C=O) groups is 2. The molecule has 2 aromatic carbocycles. The summed E-state index contributed by atoms with van der Waals surface area (Å²) in [5, 5.41) is 11.5. The largest absolute Gasteiger partial charge is 0.391 e. The third kappa shape index (κ3) is 6.74. The number of nitrogens with two attached hydrogens (primary N) is 1. The molecule has 0 aromatic heterocycles. The fourth-order valence-corrected chi connectivity index (χ4v) is 2.32. The zero-order chi connectivity index (χ0) is 18.1. The van der Waals surface area contributed by atoms with E-state index >= 15 is 0 Å². The number of aliphatic hydroxyl groups excluding tert-OH is 1. The van der Waals surface area contributed by atoms with Gasteiger partial charge in [-0.25, -0.2) is 5.01 Å². The van der Waals surface area contributed by atoms with Crippen LogP contribution in [0.2, 0.25) is 0 Å². The molecule has 0 bridgehead atoms. The molecule has 6 heteroatoms. The van der Waals surface area contributed by atoms with E-state index in [4.69, 9.17) is 5.73 Å². The van der Waals surface area contributed by atoms with Crippen molar-refractivity contribution in [1.29, 1.82) is 0 Å². The van der Waals surface area contributed by atoms with E-state index in [-0.39, 0.29) is 19.0 Å². The van der Waals surface area contributed by atoms with Gasteiger partial charge in [-0.05, 0) is 30.5 Å². The van der Waals surface area contributed by atoms with Crippen molar-refractivity contribution in [1.82, 2.24) is 10.4 Å². The second-order valence-electron chi connectivity index (χ2n) is 5.65. The van der Waals surface area contributed by atoms with Crippen molar-refractivity contribution in [3.8, 4) is 0 Å². The summed E-state index contributed by atoms with van der Waals surface area (Å²) >= 11 is 0. The first-order valence-corrected chi connectivity index (χ1v) is 7.99. The zero-order valence-electron chi connectivity index (χ0n) is 13.8. The summed E-state index contributed by atoms with van der Waals surface area (Å²) in [7, 11) is 0. The fraction of sp³-hybridized carbons (Fsp3) is 0.211. The Morgan fingerprint density at radius 1 is 1.08 bits per heavy atom. The highest BCUT2D eigenvalue weighted by molar-refractivity contribution is 5.94. The van der Waals surface area contributed by atoms with E-state index < -0.39 is 12.0 Å². The third-order valence-corrected chi connectivity index (χ3v) is 3.52. The van der Waals surface area contributed by atoms with Crippen LogP contribution in [0.5, 0.6) is 0 Å². The SMILES string of the molecule is NC(=O)CN(CC(O)[CH]Cc1ccccc1)NC(=O)c1ccccc1. The van der Waals surface area contributed by atoms with Gasteiger partial charge in [0.25, 0.3) is 5.91 Å². The summed E-state index contributed by atoms with van der Waals surface area (Å²) in [5.74, 6) is -0.958. The van der Waals surface area contributed by atoms with Crippen LogP contribution in [0.15, 0.2) is 60.7 Å². The second kappa shape index (κ2) is 9.56. The van der Waals surface area contributed by atoms with Gasteiger partial charge in [0.15, 0.2) is 0 Å². The van der Waals surface area contributed by atoms with Crippen molar-refractivity contribution in [2.75, 3.05) is 13.1 Å². The Morgan fingerprint density at radius 2 is 1.68 bits per heavy atom. The fourth-order valence-electron chi connectivity index (χ4n) is 2.32. The molecule has 0 saturated heterocycles. The molecule has 2 rings (SSSR count). The number of hydrogen-bond acceptors (Lipinski definition) is 4. The average molecular weight is 340 g/mol. The standard InChI is InChI=1S/C19H22N3O3/c20-18(24)14-22(21-19(25)16-9-5-2-6-10-16)13-17(23)12-11-15-7-3-1-4-8-15/h1-10,12,17,23H,11,13-14H2,(H2,20,24)(H,21,25). The molecule has 4 N–H and O–H groups in total. The van der Waals surface area contributed by atoms with Gasteiger partial charge in [-0.1, -0.05) is 48.5 Å². The number of nitrogens with zero attached hydrogens (tertiary/aromatic N) is 1. The molecule has 131 valence electrons. The first kappa shape index (κ1) is 18.6. The van der Waals surface area contributed by atoms with Gasteiger partial charge < -0.3 is 10.8 Å². The van der Waals surface area contributed by atoms with E-state index in [1.54, 1.807) is 36.8 Å². The number of rotatable bonds is 9. The van der Waals surface area contributed by atoms with Crippen LogP contribution >= 0.6 is 0 Å². The molecule has 25 heavy (non-hydrogen) atoms. The van der Waals surface area contributed by atoms with Crippen molar-refractivity contribution >= 4 is 11.8 Å². The van der Waals surface area contributed by atoms with Crippen molar-refractivity contribution in [2.45, 2.75) is 12.5 Å². The minimum atomic E-state index is -0.823. The molecule has 0 aliphatic carbocycles. The summed E-state index contributed by atoms with van der Waals surface area (Å²) in [6.45, 7) is -0.122. The summed E-state index contributed by atoms with van der Waals surface area (Å²) in [6, 6.07) is 18.3. The van der Waals surface area contributed by atoms with Gasteiger partial charge in [0.2, 0.25) is 5.91 Å². The number of aliphatic hydroxyl groups is 1. The molecule has 2 amide bonds. The summed E-state index contributed by atoms with van der Waals surface area (Å²) < 4.78 is 0. The summed E-state index contributed by atoms with van der Waals surface area (Å²) in [5.41, 5.74) is 9.36. The molecule has 6 nitrogen and oxygen atoms in total. The summed E-state index contributed by atoms with van der Waals surface area (Å²) in [4.78, 5) is 23.4. The molecular formula is C19H22N3O3. The van der Waals surface area contributed by atoms with Crippen LogP contribution in [0.1, 0.15) is 15.9 Å². The molecule has 2 aromatic rings. The molecule has 1 unspecified atom stereocenters. The topological polar surface area (TPSA) is 95.7 Å². The Labute approximate surface area is 147 Å². The van der Waals surface area contributed by atoms with E-state index in [0.29, 0.717) is 12.0 Å². The van der Waals surface area contributed by atoms with Crippen LogP contribution in [0, 0.1) is 6.42 Å². The van der Waals surface area contributed by atoms with Crippen molar-refractivity contribution in [2.24, 2.45) is 5.73 Å². The molecule has 0 fully saturated rings. The normalized spacial score (nSPS) is 11.9. The number of hydrazine groups is 1. The van der Waals surface area contributed by atoms with E-state index in [9.17, 15) is 14.7 Å². The Morgan fingerprint density at radius 3 is 2.28 bits per heavy atom. The Hall–Kier alpha value is -2.70. The van der Waals surface area contributed by atoms with E-state index in [1.807, 2.05) is 30.3 Å². The number of amides is 2. The molecule has 0 aliphatic rings. The van der Waals surface area contributed by atoms with Crippen molar-refractivity contribution in [3.05, 3.63) is 78.2 Å². The van der Waals surface area contributed by atoms with Crippen LogP contribution in [0.4, 0.5) is 0 Å². The van der Waals surface area contributed by atoms with Gasteiger partial charge >= 0.3 is 0 Å². The lowest BCUT2D eigenvalue weighted by atomic mass is 10.1. The van der Waals surface area contributed by atoms with Crippen LogP contribution in [-0.4, -0.2) is 41.1 Å². The lowest BCUT2D eigenvalue weighted by molar-refractivity contribution is -0.119. The zero-order valence-corrected chi connectivity index (χ0v) is 13.8. The Bertz CT molecular complexity index is 677. The quantitative estimate of drug-likeness (QED) is 0.592. The van der Waals surface area contributed by atoms with Gasteiger partial charge in [0.1, 0.15) is 0 Å². The predicted molar refractivity (Wildman–Crippen MR) is 95.1 cm³/mol. The molecular weight excluding hydrogens is 318 g/mol. The highest BCUT2D eigenvalue weighted by atomic mass is 16.3. The number of carbonyl (C=O) groups excluding carboxylic acids is 2. The number of nitrogens with one attached hydrogen (secondary N) is 1. The van der Waals surface area contributed by atoms with Crippen molar-refractivity contribution < 1.29 is 14.7 Å². The molecule has 1 atom stereocenters. The molecule has 0 aliphatic heterocycles. The lowest BCUT2D eigenvalue weighted by Gasteiger charge is -2.24. The molecule has 0 saturated carbocycles. The van der Waals surface area contributed by atoms with Gasteiger partial charge in [-0.15, -0.1) is 0 Å². The van der Waals surface area contributed by atoms with Gasteiger partial charge in [-0.3, -0.25) is 15.0 Å². The maximum absolute atomic E-state index is 12.2. The average Bonchev–Trinajstić information content (AvgIpc) is 2.61. The second-order valence-corrected chi connectivity index (χ2v) is 5.65. The monoisotopic (exact) mass is 340 g/mol. The van der Waals surface area contributed by atoms with Gasteiger partial charge in [0.05, 0.1) is 12.6 Å². The number of primary amides is 1. The molecule has 0 heterocycles. The molecule has 1 radical (unpaired) electrons. The van der Waals surface area contributed by atoms with Crippen LogP contribution in [0.3, 0.4) is 0 Å². The van der Waals surface area contributed by atoms with E-state index in [1.165, 1.54) is 5.01 Å². The van der Waals surface area contributed by atoms with Crippen molar-refractivity contribution in [3.63, 3.8) is 0 Å². The van der Waals surface area contributed by atoms with Gasteiger partial charge in [-0.2, -0.15) is 0 Å². The Kier molecular flexibility index (Phi) is 7.13. The minimum absolute atomic E-state index is 0.0638. The van der Waals surface area contributed by atoms with Crippen LogP contribution in [-0.2, 0) is 11.2 Å². The summed E-state index contributed by atoms with van der Waals surface area (Å²) in [6.07, 6.45) is 1.48. The maximum Gasteiger partial charge on any atom is 0.265 e. The minimum Gasteiger partial charge on any atom is -0.391 e. The van der Waals surface area contributed by atoms with Crippen LogP contribution < -0.4 is 11.2 Å². The first-order valence-electron chi connectivity index (χ1n) is 7.99. The first-order chi connectivity index (χ1) is 12.0. The third-order valence-electron chi connectivity index (χ3n) is 3.52. The highest BCUT2D eigenvalue weighted by Crippen LogP contribution is 2.05. The maximum atomic E-state index is 12.2. The Balaban J connectivity index is 1.90.